The van der Waals surface area contributed by atoms with Crippen molar-refractivity contribution >= 4 is 0 Å². The molecule has 0 saturated carbocycles. The molecule has 2 heterocycles. The van der Waals surface area contributed by atoms with Gasteiger partial charge in [0, 0.05) is 0 Å². The van der Waals surface area contributed by atoms with E-state index in [-0.39, 0.29) is 11.9 Å². The van der Waals surface area contributed by atoms with Crippen molar-refractivity contribution in [3.63, 3.8) is 0 Å². The summed E-state index contributed by atoms with van der Waals surface area (Å²) >= 11 is 0. The Labute approximate surface area is 177 Å². The fourth-order valence-corrected chi connectivity index (χ4v) is 4.56. The van der Waals surface area contributed by atoms with Crippen LogP contribution in [-0.4, -0.2) is 38.2 Å². The minimum atomic E-state index is -0.228. The van der Waals surface area contributed by atoms with Crippen LogP contribution in [0.2, 0.25) is 0 Å². The smallest absolute Gasteiger partial charge is 0.169 e. The Bertz CT molecular complexity index is 914. The monoisotopic (exact) mass is 407 g/mol. The van der Waals surface area contributed by atoms with Gasteiger partial charge < -0.3 is 0 Å². The highest BCUT2D eigenvalue weighted by Crippen LogP contribution is 2.32. The van der Waals surface area contributed by atoms with Crippen molar-refractivity contribution in [3.8, 4) is 0 Å². The molecule has 1 fully saturated rings. The number of hydrogen-bond donors (Lipinski definition) is 0. The van der Waals surface area contributed by atoms with Crippen LogP contribution in [-0.2, 0) is 13.0 Å². The highest BCUT2D eigenvalue weighted by atomic mass is 19.1. The number of likely N-dealkylation sites (tertiary alicyclic amines) is 1. The molecule has 0 unspecified atom stereocenters. The van der Waals surface area contributed by atoms with Crippen molar-refractivity contribution in [1.82, 2.24) is 25.1 Å². The maximum Gasteiger partial charge on any atom is 0.169 e. The number of benzene rings is 2. The molecule has 6 heteroatoms. The normalized spacial score (nSPS) is 16.8. The zero-order valence-corrected chi connectivity index (χ0v) is 17.8. The van der Waals surface area contributed by atoms with Gasteiger partial charge in [0.15, 0.2) is 5.82 Å². The van der Waals surface area contributed by atoms with Gasteiger partial charge in [-0.3, -0.25) is 4.90 Å². The zero-order valence-electron chi connectivity index (χ0n) is 17.8. The summed E-state index contributed by atoms with van der Waals surface area (Å²) in [5.41, 5.74) is 2.42. The van der Waals surface area contributed by atoms with E-state index in [4.69, 9.17) is 0 Å². The number of tetrazole rings is 1. The molecule has 158 valence electrons. The van der Waals surface area contributed by atoms with Crippen LogP contribution in [0.1, 0.15) is 49.7 Å². The SMILES string of the molecule is CC(C)[C@H](c1nnnn1Cc1ccc(F)cc1)N1CCC(Cc2ccccc2)CC1. The zero-order chi connectivity index (χ0) is 20.9. The summed E-state index contributed by atoms with van der Waals surface area (Å²) in [4.78, 5) is 2.54. The molecule has 4 rings (SSSR count). The van der Waals surface area contributed by atoms with Gasteiger partial charge in [-0.1, -0.05) is 56.3 Å². The minimum absolute atomic E-state index is 0.179. The van der Waals surface area contributed by atoms with Gasteiger partial charge in [0.2, 0.25) is 0 Å². The van der Waals surface area contributed by atoms with E-state index in [2.05, 4.69) is 64.6 Å². The lowest BCUT2D eigenvalue weighted by Crippen LogP contribution is -2.40. The van der Waals surface area contributed by atoms with Crippen LogP contribution in [0.15, 0.2) is 54.6 Å². The van der Waals surface area contributed by atoms with E-state index in [1.807, 2.05) is 4.68 Å². The molecule has 1 aromatic heterocycles. The van der Waals surface area contributed by atoms with E-state index in [1.54, 1.807) is 12.1 Å². The molecule has 1 aliphatic rings. The highest BCUT2D eigenvalue weighted by molar-refractivity contribution is 5.17. The Morgan fingerprint density at radius 1 is 0.967 bits per heavy atom. The van der Waals surface area contributed by atoms with Crippen LogP contribution < -0.4 is 0 Å². The number of aromatic nitrogens is 4. The molecule has 1 aliphatic heterocycles. The molecule has 0 radical (unpaired) electrons. The number of nitrogens with zero attached hydrogens (tertiary/aromatic N) is 5. The van der Waals surface area contributed by atoms with Gasteiger partial charge in [-0.15, -0.1) is 5.10 Å². The van der Waals surface area contributed by atoms with Crippen molar-refractivity contribution < 1.29 is 4.39 Å². The average molecular weight is 408 g/mol. The topological polar surface area (TPSA) is 46.8 Å². The number of piperidine rings is 1. The molecule has 1 saturated heterocycles. The number of halogens is 1. The highest BCUT2D eigenvalue weighted by Gasteiger charge is 2.32. The lowest BCUT2D eigenvalue weighted by molar-refractivity contribution is 0.0954. The van der Waals surface area contributed by atoms with Crippen LogP contribution in [0.3, 0.4) is 0 Å². The maximum absolute atomic E-state index is 13.2. The molecular formula is C24H30FN5. The maximum atomic E-state index is 13.2. The largest absolute Gasteiger partial charge is 0.293 e. The third kappa shape index (κ3) is 4.93. The van der Waals surface area contributed by atoms with Crippen molar-refractivity contribution in [2.24, 2.45) is 11.8 Å². The fourth-order valence-electron chi connectivity index (χ4n) is 4.56. The summed E-state index contributed by atoms with van der Waals surface area (Å²) < 4.78 is 15.1. The van der Waals surface area contributed by atoms with Gasteiger partial charge >= 0.3 is 0 Å². The molecule has 0 N–H and O–H groups in total. The molecular weight excluding hydrogens is 377 g/mol. The second kappa shape index (κ2) is 9.47. The third-order valence-electron chi connectivity index (χ3n) is 6.11. The second-order valence-corrected chi connectivity index (χ2v) is 8.68. The van der Waals surface area contributed by atoms with E-state index in [0.29, 0.717) is 12.5 Å². The van der Waals surface area contributed by atoms with E-state index in [9.17, 15) is 4.39 Å². The lowest BCUT2D eigenvalue weighted by Gasteiger charge is -2.38. The molecule has 30 heavy (non-hydrogen) atoms. The summed E-state index contributed by atoms with van der Waals surface area (Å²) in [6.07, 6.45) is 3.54. The van der Waals surface area contributed by atoms with E-state index in [0.717, 1.165) is 36.8 Å². The molecule has 0 bridgehead atoms. The number of hydrogen-bond acceptors (Lipinski definition) is 4. The first kappa shape index (κ1) is 20.7. The molecule has 5 nitrogen and oxygen atoms in total. The number of rotatable bonds is 7. The van der Waals surface area contributed by atoms with E-state index in [1.165, 1.54) is 30.5 Å². The van der Waals surface area contributed by atoms with Gasteiger partial charge in [0.25, 0.3) is 0 Å². The summed E-state index contributed by atoms with van der Waals surface area (Å²) in [5.74, 6) is 1.80. The van der Waals surface area contributed by atoms with E-state index < -0.39 is 0 Å². The summed E-state index contributed by atoms with van der Waals surface area (Å²) in [5, 5.41) is 12.6. The first-order valence-electron chi connectivity index (χ1n) is 10.9. The van der Waals surface area contributed by atoms with Gasteiger partial charge in [-0.25, -0.2) is 9.07 Å². The Balaban J connectivity index is 1.44. The Morgan fingerprint density at radius 3 is 2.33 bits per heavy atom. The van der Waals surface area contributed by atoms with Crippen LogP contribution >= 0.6 is 0 Å². The Morgan fingerprint density at radius 2 is 1.67 bits per heavy atom. The Kier molecular flexibility index (Phi) is 6.53. The summed E-state index contributed by atoms with van der Waals surface area (Å²) in [6.45, 7) is 7.14. The molecule has 0 amide bonds. The van der Waals surface area contributed by atoms with Crippen molar-refractivity contribution in [2.75, 3.05) is 13.1 Å². The average Bonchev–Trinajstić information content (AvgIpc) is 3.19. The Hall–Kier alpha value is -2.60. The first-order valence-corrected chi connectivity index (χ1v) is 10.9. The predicted octanol–water partition coefficient (Wildman–Crippen LogP) is 4.51. The summed E-state index contributed by atoms with van der Waals surface area (Å²) in [6, 6.07) is 17.5. The van der Waals surface area contributed by atoms with Crippen LogP contribution in [0.5, 0.6) is 0 Å². The van der Waals surface area contributed by atoms with Crippen molar-refractivity contribution in [2.45, 2.75) is 45.7 Å². The second-order valence-electron chi connectivity index (χ2n) is 8.68. The van der Waals surface area contributed by atoms with Gasteiger partial charge in [0.05, 0.1) is 12.6 Å². The van der Waals surface area contributed by atoms with Crippen LogP contribution in [0.25, 0.3) is 0 Å². The van der Waals surface area contributed by atoms with Crippen molar-refractivity contribution in [3.05, 3.63) is 77.4 Å². The first-order chi connectivity index (χ1) is 14.6. The molecule has 1 atom stereocenters. The molecule has 0 spiro atoms. The van der Waals surface area contributed by atoms with Crippen molar-refractivity contribution in [1.29, 1.82) is 0 Å². The van der Waals surface area contributed by atoms with Gasteiger partial charge in [-0.2, -0.15) is 0 Å². The molecule has 3 aromatic rings. The van der Waals surface area contributed by atoms with Gasteiger partial charge in [0.1, 0.15) is 5.82 Å². The minimum Gasteiger partial charge on any atom is -0.293 e. The third-order valence-corrected chi connectivity index (χ3v) is 6.11. The fraction of sp³-hybridized carbons (Fsp3) is 0.458. The van der Waals surface area contributed by atoms with Crippen LogP contribution in [0, 0.1) is 17.7 Å². The lowest BCUT2D eigenvalue weighted by atomic mass is 9.88. The predicted molar refractivity (Wildman–Crippen MR) is 115 cm³/mol. The standard InChI is InChI=1S/C24H30FN5/c1-18(2)23(24-26-27-28-30(24)17-21-8-10-22(25)11-9-21)29-14-12-20(13-15-29)16-19-6-4-3-5-7-19/h3-11,18,20,23H,12-17H2,1-2H3/t23-/m1/s1. The molecule has 2 aromatic carbocycles. The summed E-state index contributed by atoms with van der Waals surface area (Å²) in [7, 11) is 0. The van der Waals surface area contributed by atoms with E-state index >= 15 is 0 Å². The van der Waals surface area contributed by atoms with Gasteiger partial charge in [-0.05, 0) is 77.9 Å². The van der Waals surface area contributed by atoms with Crippen LogP contribution in [0.4, 0.5) is 4.39 Å². The quantitative estimate of drug-likeness (QED) is 0.578. The molecule has 0 aliphatic carbocycles.